The molecule has 0 aromatic carbocycles. The van der Waals surface area contributed by atoms with Crippen LogP contribution in [0.15, 0.2) is 12.5 Å². The summed E-state index contributed by atoms with van der Waals surface area (Å²) in [7, 11) is 1.84. The first-order valence-electron chi connectivity index (χ1n) is 7.52. The molecule has 0 spiro atoms. The summed E-state index contributed by atoms with van der Waals surface area (Å²) in [4.78, 5) is 30.0. The highest BCUT2D eigenvalue weighted by Crippen LogP contribution is 2.14. The Morgan fingerprint density at radius 2 is 2.05 bits per heavy atom. The number of nitrogens with zero attached hydrogens (tertiary/aromatic N) is 3. The number of aryl methyl sites for hydroxylation is 1. The lowest BCUT2D eigenvalue weighted by molar-refractivity contribution is -0.133. The zero-order valence-electron chi connectivity index (χ0n) is 13.0. The fourth-order valence-electron chi connectivity index (χ4n) is 2.54. The van der Waals surface area contributed by atoms with Crippen molar-refractivity contribution in [1.82, 2.24) is 19.8 Å². The average molecular weight is 292 g/mol. The predicted molar refractivity (Wildman–Crippen MR) is 79.7 cm³/mol. The molecular formula is C15H24N4O2. The average Bonchev–Trinajstić information content (AvgIpc) is 2.85. The van der Waals surface area contributed by atoms with Crippen LogP contribution in [0.25, 0.3) is 0 Å². The number of amides is 2. The molecule has 116 valence electrons. The van der Waals surface area contributed by atoms with E-state index in [4.69, 9.17) is 0 Å². The summed E-state index contributed by atoms with van der Waals surface area (Å²) in [6, 6.07) is 0.127. The molecule has 2 rings (SSSR count). The number of aromatic nitrogens is 2. The summed E-state index contributed by atoms with van der Waals surface area (Å²) in [5.74, 6) is 0.473. The van der Waals surface area contributed by atoms with Crippen molar-refractivity contribution in [3.8, 4) is 0 Å². The van der Waals surface area contributed by atoms with Crippen LogP contribution in [0, 0.1) is 5.92 Å². The Hall–Kier alpha value is -1.85. The Bertz CT molecular complexity index is 502. The summed E-state index contributed by atoms with van der Waals surface area (Å²) in [6.45, 7) is 5.55. The number of piperidine rings is 1. The van der Waals surface area contributed by atoms with E-state index in [1.807, 2.05) is 11.9 Å². The van der Waals surface area contributed by atoms with Crippen molar-refractivity contribution in [3.63, 3.8) is 0 Å². The van der Waals surface area contributed by atoms with Gasteiger partial charge in [0, 0.05) is 38.8 Å². The lowest BCUT2D eigenvalue weighted by Crippen LogP contribution is -2.46. The predicted octanol–water partition coefficient (Wildman–Crippen LogP) is 1.19. The smallest absolute Gasteiger partial charge is 0.271 e. The number of hydrogen-bond acceptors (Lipinski definition) is 3. The van der Waals surface area contributed by atoms with Gasteiger partial charge in [-0.25, -0.2) is 4.98 Å². The van der Waals surface area contributed by atoms with Crippen molar-refractivity contribution in [2.45, 2.75) is 39.2 Å². The van der Waals surface area contributed by atoms with Gasteiger partial charge in [0.1, 0.15) is 5.69 Å². The highest BCUT2D eigenvalue weighted by atomic mass is 16.2. The summed E-state index contributed by atoms with van der Waals surface area (Å²) in [6.07, 6.45) is 5.54. The Morgan fingerprint density at radius 3 is 2.57 bits per heavy atom. The molecule has 0 saturated carbocycles. The van der Waals surface area contributed by atoms with Crippen molar-refractivity contribution in [2.75, 3.05) is 13.1 Å². The van der Waals surface area contributed by atoms with E-state index in [0.717, 1.165) is 25.9 Å². The first-order valence-corrected chi connectivity index (χ1v) is 7.52. The molecule has 2 amide bonds. The third kappa shape index (κ3) is 4.31. The minimum Gasteiger partial charge on any atom is -0.348 e. The van der Waals surface area contributed by atoms with Crippen LogP contribution in [0.4, 0.5) is 0 Å². The van der Waals surface area contributed by atoms with E-state index < -0.39 is 0 Å². The number of likely N-dealkylation sites (tertiary alicyclic amines) is 1. The Labute approximate surface area is 125 Å². The molecule has 1 fully saturated rings. The van der Waals surface area contributed by atoms with E-state index in [1.54, 1.807) is 17.1 Å². The maximum atomic E-state index is 12.0. The van der Waals surface area contributed by atoms with E-state index in [0.29, 0.717) is 18.0 Å². The van der Waals surface area contributed by atoms with Gasteiger partial charge in [0.25, 0.3) is 5.91 Å². The molecule has 0 unspecified atom stereocenters. The fourth-order valence-corrected chi connectivity index (χ4v) is 2.54. The molecule has 21 heavy (non-hydrogen) atoms. The van der Waals surface area contributed by atoms with Crippen LogP contribution < -0.4 is 5.32 Å². The first-order chi connectivity index (χ1) is 9.95. The van der Waals surface area contributed by atoms with E-state index in [1.165, 1.54) is 0 Å². The van der Waals surface area contributed by atoms with Crippen LogP contribution in [0.2, 0.25) is 0 Å². The van der Waals surface area contributed by atoms with Gasteiger partial charge >= 0.3 is 0 Å². The molecule has 0 radical (unpaired) electrons. The van der Waals surface area contributed by atoms with E-state index in [-0.39, 0.29) is 17.9 Å². The lowest BCUT2D eigenvalue weighted by atomic mass is 10.0. The van der Waals surface area contributed by atoms with Crippen molar-refractivity contribution in [1.29, 1.82) is 0 Å². The molecule has 0 bridgehead atoms. The minimum absolute atomic E-state index is 0.127. The number of carbonyl (C=O) groups excluding carboxylic acids is 2. The molecule has 1 aliphatic heterocycles. The standard InChI is InChI=1S/C15H24N4O2/c1-11(2)8-14(20)19-6-4-12(5-7-19)17-15(21)13-9-18(3)10-16-13/h9-12H,4-8H2,1-3H3,(H,17,21). The van der Waals surface area contributed by atoms with Crippen LogP contribution in [-0.2, 0) is 11.8 Å². The molecule has 2 heterocycles. The molecule has 0 aliphatic carbocycles. The normalized spacial score (nSPS) is 16.3. The molecule has 1 aromatic rings. The maximum Gasteiger partial charge on any atom is 0.271 e. The van der Waals surface area contributed by atoms with E-state index in [2.05, 4.69) is 24.1 Å². The number of imidazole rings is 1. The second-order valence-electron chi connectivity index (χ2n) is 6.15. The second kappa shape index (κ2) is 6.74. The summed E-state index contributed by atoms with van der Waals surface area (Å²) < 4.78 is 1.75. The molecule has 1 aromatic heterocycles. The van der Waals surface area contributed by atoms with Crippen LogP contribution >= 0.6 is 0 Å². The molecule has 6 heteroatoms. The molecule has 6 nitrogen and oxygen atoms in total. The molecule has 1 aliphatic rings. The highest BCUT2D eigenvalue weighted by molar-refractivity contribution is 5.92. The SMILES string of the molecule is CC(C)CC(=O)N1CCC(NC(=O)c2cn(C)cn2)CC1. The second-order valence-corrected chi connectivity index (χ2v) is 6.15. The first kappa shape index (κ1) is 15.5. The van der Waals surface area contributed by atoms with Crippen molar-refractivity contribution >= 4 is 11.8 Å². The lowest BCUT2D eigenvalue weighted by Gasteiger charge is -2.32. The van der Waals surface area contributed by atoms with Gasteiger partial charge in [-0.05, 0) is 18.8 Å². The van der Waals surface area contributed by atoms with Crippen LogP contribution in [0.1, 0.15) is 43.6 Å². The van der Waals surface area contributed by atoms with Gasteiger partial charge in [-0.15, -0.1) is 0 Å². The summed E-state index contributed by atoms with van der Waals surface area (Å²) in [5, 5.41) is 3.00. The minimum atomic E-state index is -0.137. The van der Waals surface area contributed by atoms with Gasteiger partial charge in [-0.2, -0.15) is 0 Å². The largest absolute Gasteiger partial charge is 0.348 e. The zero-order valence-corrected chi connectivity index (χ0v) is 13.0. The number of rotatable bonds is 4. The van der Waals surface area contributed by atoms with Gasteiger partial charge in [-0.1, -0.05) is 13.8 Å². The molecular weight excluding hydrogens is 268 g/mol. The summed E-state index contributed by atoms with van der Waals surface area (Å²) >= 11 is 0. The molecule has 1 saturated heterocycles. The number of carbonyl (C=O) groups is 2. The maximum absolute atomic E-state index is 12.0. The third-order valence-electron chi connectivity index (χ3n) is 3.70. The van der Waals surface area contributed by atoms with Crippen molar-refractivity contribution in [3.05, 3.63) is 18.2 Å². The van der Waals surface area contributed by atoms with Gasteiger partial charge in [0.15, 0.2) is 0 Å². The number of hydrogen-bond donors (Lipinski definition) is 1. The van der Waals surface area contributed by atoms with Crippen molar-refractivity contribution < 1.29 is 9.59 Å². The molecule has 0 atom stereocenters. The van der Waals surface area contributed by atoms with Gasteiger partial charge in [-0.3, -0.25) is 9.59 Å². The third-order valence-corrected chi connectivity index (χ3v) is 3.70. The topological polar surface area (TPSA) is 67.2 Å². The number of nitrogens with one attached hydrogen (secondary N) is 1. The van der Waals surface area contributed by atoms with Crippen LogP contribution in [0.3, 0.4) is 0 Å². The fraction of sp³-hybridized carbons (Fsp3) is 0.667. The Kier molecular flexibility index (Phi) is 4.98. The Morgan fingerprint density at radius 1 is 1.38 bits per heavy atom. The highest BCUT2D eigenvalue weighted by Gasteiger charge is 2.24. The Balaban J connectivity index is 1.79. The van der Waals surface area contributed by atoms with Gasteiger partial charge in [0.2, 0.25) is 5.91 Å². The monoisotopic (exact) mass is 292 g/mol. The zero-order chi connectivity index (χ0) is 15.4. The van der Waals surface area contributed by atoms with Crippen LogP contribution in [0.5, 0.6) is 0 Å². The molecule has 1 N–H and O–H groups in total. The van der Waals surface area contributed by atoms with Crippen LogP contribution in [-0.4, -0.2) is 45.4 Å². The van der Waals surface area contributed by atoms with E-state index in [9.17, 15) is 9.59 Å². The van der Waals surface area contributed by atoms with Gasteiger partial charge < -0.3 is 14.8 Å². The van der Waals surface area contributed by atoms with Gasteiger partial charge in [0.05, 0.1) is 6.33 Å². The van der Waals surface area contributed by atoms with E-state index >= 15 is 0 Å². The summed E-state index contributed by atoms with van der Waals surface area (Å²) in [5.41, 5.74) is 0.441. The van der Waals surface area contributed by atoms with Crippen molar-refractivity contribution in [2.24, 2.45) is 13.0 Å². The quantitative estimate of drug-likeness (QED) is 0.906.